The Morgan fingerprint density at radius 3 is 2.89 bits per heavy atom. The molecule has 2 saturated heterocycles. The number of hydrogen-bond donors (Lipinski definition) is 2. The van der Waals surface area contributed by atoms with Crippen molar-refractivity contribution in [2.45, 2.75) is 25.4 Å². The number of nitrogens with one attached hydrogen (secondary N) is 1. The number of rotatable bonds is 6. The van der Waals surface area contributed by atoms with Gasteiger partial charge in [-0.2, -0.15) is 0 Å². The Morgan fingerprint density at radius 1 is 1.32 bits per heavy atom. The van der Waals surface area contributed by atoms with Crippen molar-refractivity contribution in [2.24, 2.45) is 10.7 Å². The molecule has 6 nitrogen and oxygen atoms in total. The van der Waals surface area contributed by atoms with Gasteiger partial charge in [-0.05, 0) is 25.8 Å². The van der Waals surface area contributed by atoms with Crippen LogP contribution in [0.4, 0.5) is 0 Å². The van der Waals surface area contributed by atoms with E-state index in [1.807, 2.05) is 0 Å². The number of morpholine rings is 1. The average molecular weight is 270 g/mol. The molecule has 2 fully saturated rings. The van der Waals surface area contributed by atoms with Gasteiger partial charge in [0.15, 0.2) is 5.96 Å². The van der Waals surface area contributed by atoms with Crippen LogP contribution in [-0.2, 0) is 9.47 Å². The van der Waals surface area contributed by atoms with Gasteiger partial charge in [-0.3, -0.25) is 9.89 Å². The van der Waals surface area contributed by atoms with Crippen molar-refractivity contribution >= 4 is 5.96 Å². The molecule has 0 aromatic carbocycles. The zero-order valence-corrected chi connectivity index (χ0v) is 11.6. The van der Waals surface area contributed by atoms with E-state index in [0.717, 1.165) is 65.3 Å². The lowest BCUT2D eigenvalue weighted by molar-refractivity contribution is 0.0376. The molecule has 0 aliphatic carbocycles. The summed E-state index contributed by atoms with van der Waals surface area (Å²) < 4.78 is 10.8. The normalized spacial score (nSPS) is 25.7. The van der Waals surface area contributed by atoms with Gasteiger partial charge in [-0.1, -0.05) is 0 Å². The molecular formula is C13H26N4O2. The number of aliphatic imine (C=N–C) groups is 1. The zero-order chi connectivity index (χ0) is 13.3. The molecule has 0 aromatic heterocycles. The summed E-state index contributed by atoms with van der Waals surface area (Å²) in [6.45, 7) is 7.32. The summed E-state index contributed by atoms with van der Waals surface area (Å²) in [5.74, 6) is 0.539. The Morgan fingerprint density at radius 2 is 2.16 bits per heavy atom. The summed E-state index contributed by atoms with van der Waals surface area (Å²) in [7, 11) is 0. The van der Waals surface area contributed by atoms with E-state index in [1.165, 1.54) is 0 Å². The lowest BCUT2D eigenvalue weighted by Crippen LogP contribution is -2.39. The van der Waals surface area contributed by atoms with Gasteiger partial charge in [0.2, 0.25) is 0 Å². The molecule has 1 atom stereocenters. The van der Waals surface area contributed by atoms with Crippen LogP contribution in [0.15, 0.2) is 4.99 Å². The maximum atomic E-state index is 5.82. The highest BCUT2D eigenvalue weighted by molar-refractivity contribution is 5.77. The summed E-state index contributed by atoms with van der Waals surface area (Å²) >= 11 is 0. The average Bonchev–Trinajstić information content (AvgIpc) is 2.96. The van der Waals surface area contributed by atoms with E-state index < -0.39 is 0 Å². The molecule has 3 N–H and O–H groups in total. The first-order chi connectivity index (χ1) is 9.34. The molecule has 6 heteroatoms. The lowest BCUT2D eigenvalue weighted by atomic mass is 10.2. The van der Waals surface area contributed by atoms with E-state index in [1.54, 1.807) is 0 Å². The molecule has 2 aliphatic rings. The third-order valence-electron chi connectivity index (χ3n) is 3.55. The fourth-order valence-corrected chi connectivity index (χ4v) is 2.39. The minimum absolute atomic E-state index is 0.272. The molecule has 0 spiro atoms. The number of guanidine groups is 1. The van der Waals surface area contributed by atoms with Crippen LogP contribution in [0.3, 0.4) is 0 Å². The van der Waals surface area contributed by atoms with Crippen LogP contribution < -0.4 is 11.1 Å². The topological polar surface area (TPSA) is 72.1 Å². The quantitative estimate of drug-likeness (QED) is 0.397. The molecule has 19 heavy (non-hydrogen) atoms. The van der Waals surface area contributed by atoms with Gasteiger partial charge in [0.05, 0.1) is 25.9 Å². The second-order valence-corrected chi connectivity index (χ2v) is 5.10. The van der Waals surface area contributed by atoms with Crippen molar-refractivity contribution in [3.8, 4) is 0 Å². The maximum Gasteiger partial charge on any atom is 0.188 e. The first-order valence-electron chi connectivity index (χ1n) is 7.30. The van der Waals surface area contributed by atoms with Crippen LogP contribution in [0.5, 0.6) is 0 Å². The number of nitrogens with zero attached hydrogens (tertiary/aromatic N) is 2. The largest absolute Gasteiger partial charge is 0.379 e. The Bertz CT molecular complexity index is 274. The van der Waals surface area contributed by atoms with Crippen LogP contribution >= 0.6 is 0 Å². The molecule has 110 valence electrons. The smallest absolute Gasteiger partial charge is 0.188 e. The Labute approximate surface area is 115 Å². The van der Waals surface area contributed by atoms with Crippen LogP contribution in [-0.4, -0.2) is 69.5 Å². The SMILES string of the molecule is NC(=NCC1CCCO1)NCCCN1CCOCC1. The van der Waals surface area contributed by atoms with Crippen molar-refractivity contribution in [2.75, 3.05) is 52.5 Å². The summed E-state index contributed by atoms with van der Waals surface area (Å²) in [6, 6.07) is 0. The van der Waals surface area contributed by atoms with Crippen LogP contribution in [0, 0.1) is 0 Å². The van der Waals surface area contributed by atoms with Gasteiger partial charge in [0, 0.05) is 26.2 Å². The number of ether oxygens (including phenoxy) is 2. The van der Waals surface area contributed by atoms with E-state index in [4.69, 9.17) is 15.2 Å². The van der Waals surface area contributed by atoms with Crippen molar-refractivity contribution in [3.63, 3.8) is 0 Å². The second-order valence-electron chi connectivity index (χ2n) is 5.10. The van der Waals surface area contributed by atoms with Gasteiger partial charge in [-0.15, -0.1) is 0 Å². The number of nitrogens with two attached hydrogens (primary N) is 1. The molecule has 0 aromatic rings. The van der Waals surface area contributed by atoms with Crippen molar-refractivity contribution in [1.29, 1.82) is 0 Å². The molecule has 0 saturated carbocycles. The first-order valence-corrected chi connectivity index (χ1v) is 7.30. The summed E-state index contributed by atoms with van der Waals surface area (Å²) in [5, 5.41) is 3.16. The lowest BCUT2D eigenvalue weighted by Gasteiger charge is -2.26. The van der Waals surface area contributed by atoms with Crippen LogP contribution in [0.25, 0.3) is 0 Å². The highest BCUT2D eigenvalue weighted by Crippen LogP contribution is 2.11. The fourth-order valence-electron chi connectivity index (χ4n) is 2.39. The van der Waals surface area contributed by atoms with Gasteiger partial charge in [0.25, 0.3) is 0 Å². The predicted octanol–water partition coefficient (Wildman–Crippen LogP) is -0.208. The Kier molecular flexibility index (Phi) is 6.39. The summed E-state index contributed by atoms with van der Waals surface area (Å²) in [6.07, 6.45) is 3.60. The standard InChI is InChI=1S/C13H26N4O2/c14-13(16-11-12-3-1-8-19-12)15-4-2-5-17-6-9-18-10-7-17/h12H,1-11H2,(H3,14,15,16). The monoisotopic (exact) mass is 270 g/mol. The highest BCUT2D eigenvalue weighted by atomic mass is 16.5. The van der Waals surface area contributed by atoms with Gasteiger partial charge < -0.3 is 20.5 Å². The molecule has 1 unspecified atom stereocenters. The van der Waals surface area contributed by atoms with E-state index in [-0.39, 0.29) is 6.10 Å². The van der Waals surface area contributed by atoms with Crippen LogP contribution in [0.1, 0.15) is 19.3 Å². The van der Waals surface area contributed by atoms with E-state index in [9.17, 15) is 0 Å². The second kappa shape index (κ2) is 8.35. The summed E-state index contributed by atoms with van der Waals surface area (Å²) in [5.41, 5.74) is 5.82. The van der Waals surface area contributed by atoms with E-state index in [2.05, 4.69) is 15.2 Å². The fraction of sp³-hybridized carbons (Fsp3) is 0.923. The molecule has 0 amide bonds. The Balaban J connectivity index is 1.50. The predicted molar refractivity (Wildman–Crippen MR) is 75.3 cm³/mol. The molecule has 0 bridgehead atoms. The molecule has 0 radical (unpaired) electrons. The van der Waals surface area contributed by atoms with Crippen LogP contribution in [0.2, 0.25) is 0 Å². The van der Waals surface area contributed by atoms with E-state index in [0.29, 0.717) is 12.5 Å². The van der Waals surface area contributed by atoms with Gasteiger partial charge >= 0.3 is 0 Å². The first kappa shape index (κ1) is 14.6. The van der Waals surface area contributed by atoms with Gasteiger partial charge in [-0.25, -0.2) is 0 Å². The van der Waals surface area contributed by atoms with Crippen molar-refractivity contribution in [1.82, 2.24) is 10.2 Å². The van der Waals surface area contributed by atoms with Gasteiger partial charge in [0.1, 0.15) is 0 Å². The number of hydrogen-bond acceptors (Lipinski definition) is 4. The van der Waals surface area contributed by atoms with Crippen molar-refractivity contribution in [3.05, 3.63) is 0 Å². The third kappa shape index (κ3) is 5.76. The maximum absolute atomic E-state index is 5.82. The molecule has 2 heterocycles. The third-order valence-corrected chi connectivity index (χ3v) is 3.55. The zero-order valence-electron chi connectivity index (χ0n) is 11.6. The minimum atomic E-state index is 0.272. The highest BCUT2D eigenvalue weighted by Gasteiger charge is 2.14. The molecule has 2 aliphatic heterocycles. The summed E-state index contributed by atoms with van der Waals surface area (Å²) in [4.78, 5) is 6.74. The Hall–Kier alpha value is -0.850. The minimum Gasteiger partial charge on any atom is -0.379 e. The van der Waals surface area contributed by atoms with E-state index >= 15 is 0 Å². The molecule has 2 rings (SSSR count). The van der Waals surface area contributed by atoms with Crippen molar-refractivity contribution < 1.29 is 9.47 Å². The molecular weight excluding hydrogens is 244 g/mol.